The quantitative estimate of drug-likeness (QED) is 0.595. The van der Waals surface area contributed by atoms with Crippen molar-refractivity contribution in [2.24, 2.45) is 0 Å². The van der Waals surface area contributed by atoms with Gasteiger partial charge in [0, 0.05) is 40.8 Å². The third kappa shape index (κ3) is 2.96. The van der Waals surface area contributed by atoms with Crippen molar-refractivity contribution in [2.75, 3.05) is 7.05 Å². The molecule has 0 fully saturated rings. The number of benzene rings is 2. The molecule has 4 aromatic rings. The molecule has 126 valence electrons. The lowest BCUT2D eigenvalue weighted by molar-refractivity contribution is 0.314. The number of H-pyrrole nitrogens is 2. The number of rotatable bonds is 4. The first-order chi connectivity index (χ1) is 12.1. The molecule has 2 N–H and O–H groups in total. The number of para-hydroxylation sites is 2. The largest absolute Gasteiger partial charge is 0.357 e. The summed E-state index contributed by atoms with van der Waals surface area (Å²) >= 11 is 0. The van der Waals surface area contributed by atoms with Gasteiger partial charge in [0.1, 0.15) is 0 Å². The van der Waals surface area contributed by atoms with Crippen molar-refractivity contribution in [2.45, 2.75) is 20.0 Å². The molecule has 0 bridgehead atoms. The van der Waals surface area contributed by atoms with Crippen LogP contribution < -0.4 is 5.56 Å². The molecular weight excluding hydrogens is 310 g/mol. The van der Waals surface area contributed by atoms with Crippen LogP contribution in [0.4, 0.5) is 0 Å². The summed E-state index contributed by atoms with van der Waals surface area (Å²) in [4.78, 5) is 21.0. The highest BCUT2D eigenvalue weighted by Gasteiger charge is 2.11. The topological polar surface area (TPSA) is 51.9 Å². The first-order valence-electron chi connectivity index (χ1n) is 8.47. The second-order valence-corrected chi connectivity index (χ2v) is 6.66. The van der Waals surface area contributed by atoms with Gasteiger partial charge in [0.15, 0.2) is 0 Å². The van der Waals surface area contributed by atoms with Crippen molar-refractivity contribution in [3.63, 3.8) is 0 Å². The summed E-state index contributed by atoms with van der Waals surface area (Å²) in [5.74, 6) is 0. The number of aromatic amines is 2. The molecule has 0 aliphatic carbocycles. The molecule has 0 radical (unpaired) electrons. The lowest BCUT2D eigenvalue weighted by Crippen LogP contribution is -2.23. The van der Waals surface area contributed by atoms with Crippen molar-refractivity contribution in [3.05, 3.63) is 81.8 Å². The average Bonchev–Trinajstić information content (AvgIpc) is 2.92. The van der Waals surface area contributed by atoms with Crippen LogP contribution in [0.5, 0.6) is 0 Å². The van der Waals surface area contributed by atoms with Crippen LogP contribution in [0.3, 0.4) is 0 Å². The molecule has 0 amide bonds. The Morgan fingerprint density at radius 1 is 0.920 bits per heavy atom. The van der Waals surface area contributed by atoms with Crippen LogP contribution in [0, 0.1) is 6.92 Å². The Labute approximate surface area is 146 Å². The molecule has 4 nitrogen and oxygen atoms in total. The molecule has 2 aromatic heterocycles. The number of aryl methyl sites for hydroxylation is 1. The summed E-state index contributed by atoms with van der Waals surface area (Å²) in [6, 6.07) is 18.2. The van der Waals surface area contributed by atoms with Crippen LogP contribution in [-0.4, -0.2) is 21.9 Å². The molecule has 0 spiro atoms. The summed E-state index contributed by atoms with van der Waals surface area (Å²) in [5.41, 5.74) is 5.28. The monoisotopic (exact) mass is 331 g/mol. The molecule has 0 saturated heterocycles. The highest BCUT2D eigenvalue weighted by molar-refractivity contribution is 5.84. The van der Waals surface area contributed by atoms with E-state index in [0.717, 1.165) is 28.5 Å². The number of aromatic nitrogens is 2. The average molecular weight is 331 g/mol. The van der Waals surface area contributed by atoms with Crippen LogP contribution >= 0.6 is 0 Å². The zero-order chi connectivity index (χ0) is 17.4. The third-order valence-corrected chi connectivity index (χ3v) is 4.77. The minimum absolute atomic E-state index is 0.0149. The first kappa shape index (κ1) is 15.7. The van der Waals surface area contributed by atoms with E-state index in [0.29, 0.717) is 6.54 Å². The van der Waals surface area contributed by atoms with Crippen LogP contribution in [0.2, 0.25) is 0 Å². The van der Waals surface area contributed by atoms with E-state index >= 15 is 0 Å². The van der Waals surface area contributed by atoms with Crippen LogP contribution in [0.15, 0.2) is 59.4 Å². The Balaban J connectivity index is 1.59. The maximum atomic E-state index is 12.3. The Morgan fingerprint density at radius 2 is 1.64 bits per heavy atom. The van der Waals surface area contributed by atoms with Gasteiger partial charge in [0.05, 0.1) is 0 Å². The van der Waals surface area contributed by atoms with E-state index in [4.69, 9.17) is 0 Å². The third-order valence-electron chi connectivity index (χ3n) is 4.77. The van der Waals surface area contributed by atoms with E-state index < -0.39 is 0 Å². The molecule has 4 rings (SSSR count). The van der Waals surface area contributed by atoms with Crippen molar-refractivity contribution in [1.82, 2.24) is 14.9 Å². The van der Waals surface area contributed by atoms with Crippen molar-refractivity contribution in [3.8, 4) is 0 Å². The fourth-order valence-corrected chi connectivity index (χ4v) is 3.42. The molecular formula is C21H21N3O. The van der Waals surface area contributed by atoms with Crippen LogP contribution in [-0.2, 0) is 13.1 Å². The van der Waals surface area contributed by atoms with Gasteiger partial charge >= 0.3 is 0 Å². The second kappa shape index (κ2) is 6.22. The molecule has 0 saturated carbocycles. The van der Waals surface area contributed by atoms with E-state index in [1.54, 1.807) is 0 Å². The number of pyridine rings is 1. The van der Waals surface area contributed by atoms with E-state index in [1.165, 1.54) is 16.6 Å². The summed E-state index contributed by atoms with van der Waals surface area (Å²) in [6.07, 6.45) is 0. The molecule has 0 atom stereocenters. The summed E-state index contributed by atoms with van der Waals surface area (Å²) in [6.45, 7) is 3.52. The van der Waals surface area contributed by atoms with Gasteiger partial charge in [-0.3, -0.25) is 9.69 Å². The molecule has 2 aromatic carbocycles. The Bertz CT molecular complexity index is 1110. The standard InChI is InChI=1S/C21H21N3O/c1-14-17-8-4-6-10-19(17)22-20(14)13-24(2)12-16-11-15-7-3-5-9-18(15)23-21(16)25/h3-11,22H,12-13H2,1-2H3,(H,23,25). The molecule has 4 heteroatoms. The Morgan fingerprint density at radius 3 is 2.44 bits per heavy atom. The van der Waals surface area contributed by atoms with Crippen molar-refractivity contribution in [1.29, 1.82) is 0 Å². The van der Waals surface area contributed by atoms with Gasteiger partial charge in [-0.25, -0.2) is 0 Å². The summed E-state index contributed by atoms with van der Waals surface area (Å²) in [7, 11) is 2.04. The Hall–Kier alpha value is -2.85. The van der Waals surface area contributed by atoms with Gasteiger partial charge in [-0.1, -0.05) is 36.4 Å². The van der Waals surface area contributed by atoms with Crippen LogP contribution in [0.1, 0.15) is 16.8 Å². The van der Waals surface area contributed by atoms with Crippen LogP contribution in [0.25, 0.3) is 21.8 Å². The molecule has 0 aliphatic rings. The fraction of sp³-hybridized carbons (Fsp3) is 0.190. The maximum absolute atomic E-state index is 12.3. The molecule has 2 heterocycles. The predicted molar refractivity (Wildman–Crippen MR) is 103 cm³/mol. The van der Waals surface area contributed by atoms with Gasteiger partial charge in [0.2, 0.25) is 0 Å². The minimum atomic E-state index is -0.0149. The SMILES string of the molecule is Cc1c(CN(C)Cc2cc3ccccc3[nH]c2=O)[nH]c2ccccc12. The fourth-order valence-electron chi connectivity index (χ4n) is 3.42. The lowest BCUT2D eigenvalue weighted by Gasteiger charge is -2.16. The van der Waals surface area contributed by atoms with Crippen molar-refractivity contribution < 1.29 is 0 Å². The number of nitrogens with one attached hydrogen (secondary N) is 2. The van der Waals surface area contributed by atoms with E-state index in [1.807, 2.05) is 43.4 Å². The second-order valence-electron chi connectivity index (χ2n) is 6.66. The zero-order valence-electron chi connectivity index (χ0n) is 14.5. The van der Waals surface area contributed by atoms with Gasteiger partial charge < -0.3 is 9.97 Å². The maximum Gasteiger partial charge on any atom is 0.252 e. The number of hydrogen-bond donors (Lipinski definition) is 2. The van der Waals surface area contributed by atoms with E-state index in [2.05, 4.69) is 40.0 Å². The predicted octanol–water partition coefficient (Wildman–Crippen LogP) is 3.95. The number of fused-ring (bicyclic) bond motifs is 2. The lowest BCUT2D eigenvalue weighted by atomic mass is 10.1. The summed E-state index contributed by atoms with van der Waals surface area (Å²) in [5, 5.41) is 2.32. The smallest absolute Gasteiger partial charge is 0.252 e. The molecule has 0 aliphatic heterocycles. The molecule has 25 heavy (non-hydrogen) atoms. The van der Waals surface area contributed by atoms with Crippen molar-refractivity contribution >= 4 is 21.8 Å². The van der Waals surface area contributed by atoms with E-state index in [-0.39, 0.29) is 5.56 Å². The highest BCUT2D eigenvalue weighted by atomic mass is 16.1. The number of nitrogens with zero attached hydrogens (tertiary/aromatic N) is 1. The molecule has 0 unspecified atom stereocenters. The highest BCUT2D eigenvalue weighted by Crippen LogP contribution is 2.22. The van der Waals surface area contributed by atoms with Gasteiger partial charge in [-0.05, 0) is 43.1 Å². The first-order valence-corrected chi connectivity index (χ1v) is 8.47. The zero-order valence-corrected chi connectivity index (χ0v) is 14.5. The number of hydrogen-bond acceptors (Lipinski definition) is 2. The summed E-state index contributed by atoms with van der Waals surface area (Å²) < 4.78 is 0. The Kier molecular flexibility index (Phi) is 3.90. The van der Waals surface area contributed by atoms with Gasteiger partial charge in [-0.15, -0.1) is 0 Å². The van der Waals surface area contributed by atoms with Gasteiger partial charge in [-0.2, -0.15) is 0 Å². The normalized spacial score (nSPS) is 11.6. The minimum Gasteiger partial charge on any atom is -0.357 e. The van der Waals surface area contributed by atoms with Gasteiger partial charge in [0.25, 0.3) is 5.56 Å². The van der Waals surface area contributed by atoms with E-state index in [9.17, 15) is 4.79 Å².